The van der Waals surface area contributed by atoms with Gasteiger partial charge in [0.1, 0.15) is 6.61 Å². The van der Waals surface area contributed by atoms with Gasteiger partial charge in [0, 0.05) is 12.6 Å². The van der Waals surface area contributed by atoms with Gasteiger partial charge in [-0.05, 0) is 24.8 Å². The Labute approximate surface area is 124 Å². The van der Waals surface area contributed by atoms with Gasteiger partial charge in [0.25, 0.3) is 0 Å². The number of piperidine rings is 1. The average Bonchev–Trinajstić information content (AvgIpc) is 2.47. The second kappa shape index (κ2) is 6.61. The quantitative estimate of drug-likeness (QED) is 0.930. The Morgan fingerprint density at radius 3 is 2.57 bits per heavy atom. The molecule has 0 bridgehead atoms. The lowest BCUT2D eigenvalue weighted by Crippen LogP contribution is -2.50. The molecule has 1 amide bonds. The van der Waals surface area contributed by atoms with Crippen molar-refractivity contribution in [1.29, 1.82) is 0 Å². The van der Waals surface area contributed by atoms with Crippen LogP contribution in [0.5, 0.6) is 0 Å². The Hall–Kier alpha value is -2.04. The van der Waals surface area contributed by atoms with Crippen LogP contribution in [0.25, 0.3) is 0 Å². The molecule has 0 saturated carbocycles. The molecule has 1 aromatic rings. The molecule has 3 unspecified atom stereocenters. The summed E-state index contributed by atoms with van der Waals surface area (Å²) >= 11 is 0. The van der Waals surface area contributed by atoms with Gasteiger partial charge in [0.15, 0.2) is 0 Å². The molecule has 1 fully saturated rings. The summed E-state index contributed by atoms with van der Waals surface area (Å²) in [6.07, 6.45) is 0.0961. The zero-order valence-electron chi connectivity index (χ0n) is 12.4. The molecule has 5 heteroatoms. The molecule has 0 aromatic heterocycles. The normalized spacial score (nSPS) is 25.4. The maximum Gasteiger partial charge on any atom is 0.410 e. The minimum atomic E-state index is -0.786. The minimum Gasteiger partial charge on any atom is -0.481 e. The van der Waals surface area contributed by atoms with Gasteiger partial charge in [-0.3, -0.25) is 4.79 Å². The first-order chi connectivity index (χ1) is 9.99. The van der Waals surface area contributed by atoms with Crippen LogP contribution in [0, 0.1) is 11.8 Å². The van der Waals surface area contributed by atoms with E-state index in [0.29, 0.717) is 13.0 Å². The second-order valence-corrected chi connectivity index (χ2v) is 5.70. The van der Waals surface area contributed by atoms with Crippen LogP contribution >= 0.6 is 0 Å². The van der Waals surface area contributed by atoms with Crippen LogP contribution in [0.3, 0.4) is 0 Å². The topological polar surface area (TPSA) is 66.8 Å². The molecule has 2 rings (SSSR count). The summed E-state index contributed by atoms with van der Waals surface area (Å²) in [5, 5.41) is 9.17. The van der Waals surface area contributed by atoms with Gasteiger partial charge in [-0.25, -0.2) is 4.79 Å². The highest BCUT2D eigenvalue weighted by Crippen LogP contribution is 2.28. The van der Waals surface area contributed by atoms with E-state index in [1.54, 1.807) is 4.90 Å². The Morgan fingerprint density at radius 1 is 1.29 bits per heavy atom. The number of carboxylic acid groups (broad SMARTS) is 1. The first-order valence-electron chi connectivity index (χ1n) is 7.19. The van der Waals surface area contributed by atoms with Crippen molar-refractivity contribution in [3.8, 4) is 0 Å². The molecule has 1 aliphatic heterocycles. The SMILES string of the molecule is CC1CN(C(=O)OCc2ccccc2)C(C)CC1C(=O)O. The van der Waals surface area contributed by atoms with Gasteiger partial charge in [0.05, 0.1) is 5.92 Å². The lowest BCUT2D eigenvalue weighted by atomic mass is 9.83. The number of ether oxygens (including phenoxy) is 1. The van der Waals surface area contributed by atoms with E-state index in [4.69, 9.17) is 9.84 Å². The van der Waals surface area contributed by atoms with Crippen LogP contribution in [0.15, 0.2) is 30.3 Å². The number of benzene rings is 1. The van der Waals surface area contributed by atoms with Gasteiger partial charge < -0.3 is 14.7 Å². The molecule has 1 heterocycles. The third kappa shape index (κ3) is 3.74. The highest BCUT2D eigenvalue weighted by molar-refractivity contribution is 5.72. The fraction of sp³-hybridized carbons (Fsp3) is 0.500. The van der Waals surface area contributed by atoms with Gasteiger partial charge in [-0.1, -0.05) is 37.3 Å². The van der Waals surface area contributed by atoms with E-state index in [2.05, 4.69) is 0 Å². The molecule has 0 spiro atoms. The second-order valence-electron chi connectivity index (χ2n) is 5.70. The van der Waals surface area contributed by atoms with Crippen molar-refractivity contribution in [2.24, 2.45) is 11.8 Å². The standard InChI is InChI=1S/C16H21NO4/c1-11-9-17(12(2)8-14(11)15(18)19)16(20)21-10-13-6-4-3-5-7-13/h3-7,11-12,14H,8-10H2,1-2H3,(H,18,19). The zero-order valence-corrected chi connectivity index (χ0v) is 12.4. The Balaban J connectivity index is 1.92. The van der Waals surface area contributed by atoms with Gasteiger partial charge >= 0.3 is 12.1 Å². The molecule has 1 aromatic carbocycles. The predicted octanol–water partition coefficient (Wildman–Crippen LogP) is 2.75. The van der Waals surface area contributed by atoms with Crippen molar-refractivity contribution in [2.75, 3.05) is 6.54 Å². The average molecular weight is 291 g/mol. The molecular weight excluding hydrogens is 270 g/mol. The molecule has 1 N–H and O–H groups in total. The molecule has 0 radical (unpaired) electrons. The monoisotopic (exact) mass is 291 g/mol. The molecule has 1 aliphatic rings. The predicted molar refractivity (Wildman–Crippen MR) is 77.7 cm³/mol. The summed E-state index contributed by atoms with van der Waals surface area (Å²) in [6, 6.07) is 9.38. The van der Waals surface area contributed by atoms with E-state index in [1.165, 1.54) is 0 Å². The van der Waals surface area contributed by atoms with E-state index >= 15 is 0 Å². The van der Waals surface area contributed by atoms with Crippen molar-refractivity contribution >= 4 is 12.1 Å². The van der Waals surface area contributed by atoms with Crippen LogP contribution < -0.4 is 0 Å². The lowest BCUT2D eigenvalue weighted by Gasteiger charge is -2.39. The molecular formula is C16H21NO4. The molecule has 0 aliphatic carbocycles. The van der Waals surface area contributed by atoms with Crippen molar-refractivity contribution in [1.82, 2.24) is 4.90 Å². The summed E-state index contributed by atoms with van der Waals surface area (Å²) in [6.45, 7) is 4.39. The minimum absolute atomic E-state index is 0.0667. The van der Waals surface area contributed by atoms with Crippen molar-refractivity contribution in [3.63, 3.8) is 0 Å². The fourth-order valence-electron chi connectivity index (χ4n) is 2.75. The van der Waals surface area contributed by atoms with Crippen LogP contribution in [0.2, 0.25) is 0 Å². The number of hydrogen-bond acceptors (Lipinski definition) is 3. The Morgan fingerprint density at radius 2 is 1.95 bits per heavy atom. The van der Waals surface area contributed by atoms with Crippen molar-refractivity contribution < 1.29 is 19.4 Å². The van der Waals surface area contributed by atoms with Crippen molar-refractivity contribution in [3.05, 3.63) is 35.9 Å². The number of likely N-dealkylation sites (tertiary alicyclic amines) is 1. The smallest absolute Gasteiger partial charge is 0.410 e. The van der Waals surface area contributed by atoms with Gasteiger partial charge in [0.2, 0.25) is 0 Å². The van der Waals surface area contributed by atoms with E-state index in [-0.39, 0.29) is 24.7 Å². The van der Waals surface area contributed by atoms with E-state index in [0.717, 1.165) is 5.56 Å². The van der Waals surface area contributed by atoms with E-state index in [1.807, 2.05) is 44.2 Å². The summed E-state index contributed by atoms with van der Waals surface area (Å²) in [4.78, 5) is 25.0. The molecule has 5 nitrogen and oxygen atoms in total. The van der Waals surface area contributed by atoms with Crippen LogP contribution in [0.1, 0.15) is 25.8 Å². The molecule has 3 atom stereocenters. The Bertz CT molecular complexity index is 502. The first-order valence-corrected chi connectivity index (χ1v) is 7.19. The van der Waals surface area contributed by atoms with Crippen LogP contribution in [0.4, 0.5) is 4.79 Å². The maximum atomic E-state index is 12.2. The fourth-order valence-corrected chi connectivity index (χ4v) is 2.75. The number of aliphatic carboxylic acids is 1. The third-order valence-corrected chi connectivity index (χ3v) is 4.06. The summed E-state index contributed by atoms with van der Waals surface area (Å²) in [5.74, 6) is -1.24. The molecule has 21 heavy (non-hydrogen) atoms. The maximum absolute atomic E-state index is 12.2. The highest BCUT2D eigenvalue weighted by Gasteiger charge is 2.37. The van der Waals surface area contributed by atoms with Crippen molar-refractivity contribution in [2.45, 2.75) is 32.9 Å². The van der Waals surface area contributed by atoms with E-state index < -0.39 is 11.9 Å². The Kier molecular flexibility index (Phi) is 4.83. The third-order valence-electron chi connectivity index (χ3n) is 4.06. The first kappa shape index (κ1) is 15.4. The van der Waals surface area contributed by atoms with Gasteiger partial charge in [-0.2, -0.15) is 0 Å². The summed E-state index contributed by atoms with van der Waals surface area (Å²) in [5.41, 5.74) is 0.937. The molecule has 1 saturated heterocycles. The largest absolute Gasteiger partial charge is 0.481 e. The number of hydrogen-bond donors (Lipinski definition) is 1. The number of carboxylic acids is 1. The highest BCUT2D eigenvalue weighted by atomic mass is 16.6. The zero-order chi connectivity index (χ0) is 15.4. The number of carbonyl (C=O) groups excluding carboxylic acids is 1. The number of nitrogens with zero attached hydrogens (tertiary/aromatic N) is 1. The van der Waals surface area contributed by atoms with Gasteiger partial charge in [-0.15, -0.1) is 0 Å². The van der Waals surface area contributed by atoms with Crippen LogP contribution in [-0.2, 0) is 16.1 Å². The summed E-state index contributed by atoms with van der Waals surface area (Å²) < 4.78 is 5.32. The number of rotatable bonds is 3. The summed E-state index contributed by atoms with van der Waals surface area (Å²) in [7, 11) is 0. The lowest BCUT2D eigenvalue weighted by molar-refractivity contribution is -0.146. The van der Waals surface area contributed by atoms with E-state index in [9.17, 15) is 9.59 Å². The molecule has 114 valence electrons. The number of amides is 1. The van der Waals surface area contributed by atoms with Crippen LogP contribution in [-0.4, -0.2) is 34.7 Å². The number of carbonyl (C=O) groups is 2.